The third kappa shape index (κ3) is 4.27. The standard InChI is InChI=1S/C39H56O2/c1-26(2)28-18-21-36(5)24-25-38(7)29(34(28)36)15-16-31-37(6)22-20-32(35(3,4)30(37)19-23-39(31,38)8)41-33(40)17-14-27-12-10-9-11-13-27/h9-14,17,28-32,34H,1,15-16,18-25H2,2-8H3/b17-14-/t28-,29-,30-,31-,32-,34+,36-,37+,38-,39-/m0/s1. The number of hydrogen-bond acceptors (Lipinski definition) is 2. The quantitative estimate of drug-likeness (QED) is 0.209. The molecule has 2 heteroatoms. The van der Waals surface area contributed by atoms with E-state index in [9.17, 15) is 4.79 Å². The molecule has 1 aromatic rings. The molecule has 0 aromatic heterocycles. The van der Waals surface area contributed by atoms with E-state index < -0.39 is 0 Å². The number of ether oxygens (including phenoxy) is 1. The largest absolute Gasteiger partial charge is 0.459 e. The number of benzene rings is 1. The average Bonchev–Trinajstić information content (AvgIpc) is 3.28. The van der Waals surface area contributed by atoms with Gasteiger partial charge in [-0.15, -0.1) is 0 Å². The first-order valence-electron chi connectivity index (χ1n) is 16.9. The molecule has 6 rings (SSSR count). The number of carbonyl (C=O) groups is 1. The van der Waals surface area contributed by atoms with E-state index in [1.807, 2.05) is 36.4 Å². The summed E-state index contributed by atoms with van der Waals surface area (Å²) >= 11 is 0. The van der Waals surface area contributed by atoms with Crippen molar-refractivity contribution in [1.82, 2.24) is 0 Å². The highest BCUT2D eigenvalue weighted by Gasteiger charge is 2.70. The Kier molecular flexibility index (Phi) is 7.03. The Bertz CT molecular complexity index is 1210. The van der Waals surface area contributed by atoms with Crippen LogP contribution in [0.1, 0.15) is 118 Å². The molecule has 224 valence electrons. The van der Waals surface area contributed by atoms with Crippen molar-refractivity contribution >= 4 is 12.0 Å². The average molecular weight is 557 g/mol. The summed E-state index contributed by atoms with van der Waals surface area (Å²) in [7, 11) is 0. The van der Waals surface area contributed by atoms with Gasteiger partial charge in [-0.1, -0.05) is 84.0 Å². The van der Waals surface area contributed by atoms with Gasteiger partial charge in [-0.25, -0.2) is 4.79 Å². The van der Waals surface area contributed by atoms with Crippen LogP contribution in [0.15, 0.2) is 48.6 Å². The lowest BCUT2D eigenvalue weighted by Gasteiger charge is -2.73. The van der Waals surface area contributed by atoms with Gasteiger partial charge in [0.1, 0.15) is 6.10 Å². The molecule has 5 fully saturated rings. The van der Waals surface area contributed by atoms with Crippen LogP contribution in [0, 0.1) is 56.7 Å². The number of esters is 1. The molecule has 0 radical (unpaired) electrons. The topological polar surface area (TPSA) is 26.3 Å². The molecular formula is C39H56O2. The third-order valence-electron chi connectivity index (χ3n) is 14.9. The van der Waals surface area contributed by atoms with Crippen LogP contribution in [0.25, 0.3) is 6.08 Å². The number of fused-ring (bicyclic) bond motifs is 7. The second kappa shape index (κ2) is 9.85. The molecule has 0 bridgehead atoms. The van der Waals surface area contributed by atoms with Crippen LogP contribution in [-0.4, -0.2) is 12.1 Å². The second-order valence-corrected chi connectivity index (χ2v) is 16.9. The Morgan fingerprint density at radius 1 is 0.829 bits per heavy atom. The van der Waals surface area contributed by atoms with E-state index >= 15 is 0 Å². The normalized spacial score (nSPS) is 46.6. The van der Waals surface area contributed by atoms with Gasteiger partial charge in [-0.2, -0.15) is 0 Å². The Balaban J connectivity index is 1.24. The lowest BCUT2D eigenvalue weighted by Crippen LogP contribution is -2.66. The Labute approximate surface area is 250 Å². The third-order valence-corrected chi connectivity index (χ3v) is 14.9. The monoisotopic (exact) mass is 556 g/mol. The lowest BCUT2D eigenvalue weighted by molar-refractivity contribution is -0.248. The van der Waals surface area contributed by atoms with E-state index in [1.54, 1.807) is 6.08 Å². The first kappa shape index (κ1) is 29.3. The predicted octanol–water partition coefficient (Wildman–Crippen LogP) is 10.3. The summed E-state index contributed by atoms with van der Waals surface area (Å²) in [5.74, 6) is 3.50. The van der Waals surface area contributed by atoms with Gasteiger partial charge in [-0.05, 0) is 134 Å². The first-order chi connectivity index (χ1) is 19.3. The molecule has 10 atom stereocenters. The van der Waals surface area contributed by atoms with Gasteiger partial charge in [0.05, 0.1) is 0 Å². The highest BCUT2D eigenvalue weighted by atomic mass is 16.5. The van der Waals surface area contributed by atoms with Crippen molar-refractivity contribution in [3.05, 3.63) is 54.1 Å². The lowest BCUT2D eigenvalue weighted by atomic mass is 9.32. The van der Waals surface area contributed by atoms with Crippen molar-refractivity contribution in [2.45, 2.75) is 119 Å². The molecule has 0 N–H and O–H groups in total. The molecule has 0 saturated heterocycles. The fourth-order valence-corrected chi connectivity index (χ4v) is 12.6. The van der Waals surface area contributed by atoms with Gasteiger partial charge in [-0.3, -0.25) is 0 Å². The minimum Gasteiger partial charge on any atom is -0.459 e. The van der Waals surface area contributed by atoms with E-state index in [-0.39, 0.29) is 17.5 Å². The summed E-state index contributed by atoms with van der Waals surface area (Å²) in [4.78, 5) is 13.0. The van der Waals surface area contributed by atoms with Crippen molar-refractivity contribution in [2.75, 3.05) is 0 Å². The summed E-state index contributed by atoms with van der Waals surface area (Å²) in [6, 6.07) is 10.0. The van der Waals surface area contributed by atoms with Gasteiger partial charge in [0.2, 0.25) is 0 Å². The zero-order valence-electron chi connectivity index (χ0n) is 27.1. The van der Waals surface area contributed by atoms with Gasteiger partial charge < -0.3 is 4.74 Å². The predicted molar refractivity (Wildman–Crippen MR) is 170 cm³/mol. The molecule has 0 amide bonds. The van der Waals surface area contributed by atoms with E-state index in [4.69, 9.17) is 4.74 Å². The number of allylic oxidation sites excluding steroid dienone is 1. The molecule has 0 aliphatic heterocycles. The SMILES string of the molecule is C=C(C)[C@@H]1CC[C@@]2(C)CC[C@@]3(C)[C@@H](CC[C@H]4[C@]5(C)CC[C@H](OC(=O)/C=C\c6ccccc6)C(C)(C)[C@@H]5CC[C@@]43C)[C@@H]12. The van der Waals surface area contributed by atoms with Crippen molar-refractivity contribution < 1.29 is 9.53 Å². The molecular weight excluding hydrogens is 500 g/mol. The maximum atomic E-state index is 13.0. The Hall–Kier alpha value is -1.83. The smallest absolute Gasteiger partial charge is 0.331 e. The van der Waals surface area contributed by atoms with Crippen molar-refractivity contribution in [1.29, 1.82) is 0 Å². The van der Waals surface area contributed by atoms with Crippen LogP contribution >= 0.6 is 0 Å². The molecule has 5 aliphatic carbocycles. The fourth-order valence-electron chi connectivity index (χ4n) is 12.6. The molecule has 0 unspecified atom stereocenters. The number of hydrogen-bond donors (Lipinski definition) is 0. The Morgan fingerprint density at radius 2 is 1.56 bits per heavy atom. The van der Waals surface area contributed by atoms with Crippen LogP contribution in [0.4, 0.5) is 0 Å². The minimum absolute atomic E-state index is 0.0185. The zero-order chi connectivity index (χ0) is 29.4. The zero-order valence-corrected chi connectivity index (χ0v) is 27.1. The van der Waals surface area contributed by atoms with Crippen molar-refractivity contribution in [3.63, 3.8) is 0 Å². The summed E-state index contributed by atoms with van der Waals surface area (Å²) < 4.78 is 6.25. The number of rotatable bonds is 4. The van der Waals surface area contributed by atoms with E-state index in [0.717, 1.165) is 35.7 Å². The molecule has 1 aromatic carbocycles. The van der Waals surface area contributed by atoms with E-state index in [0.29, 0.717) is 27.6 Å². The highest BCUT2D eigenvalue weighted by Crippen LogP contribution is 2.77. The molecule has 5 saturated carbocycles. The van der Waals surface area contributed by atoms with Crippen LogP contribution in [-0.2, 0) is 9.53 Å². The van der Waals surface area contributed by atoms with Crippen LogP contribution < -0.4 is 0 Å². The molecule has 0 heterocycles. The number of carbonyl (C=O) groups excluding carboxylic acids is 1. The maximum absolute atomic E-state index is 13.0. The van der Waals surface area contributed by atoms with Crippen molar-refractivity contribution in [3.8, 4) is 0 Å². The van der Waals surface area contributed by atoms with Crippen LogP contribution in [0.3, 0.4) is 0 Å². The highest BCUT2D eigenvalue weighted by molar-refractivity contribution is 5.87. The summed E-state index contributed by atoms with van der Waals surface area (Å²) in [5, 5.41) is 0. The van der Waals surface area contributed by atoms with Crippen molar-refractivity contribution in [2.24, 2.45) is 56.7 Å². The Morgan fingerprint density at radius 3 is 2.27 bits per heavy atom. The summed E-state index contributed by atoms with van der Waals surface area (Å²) in [6.45, 7) is 22.4. The first-order valence-corrected chi connectivity index (χ1v) is 16.9. The fraction of sp³-hybridized carbons (Fsp3) is 0.718. The molecule has 2 nitrogen and oxygen atoms in total. The van der Waals surface area contributed by atoms with Gasteiger partial charge >= 0.3 is 5.97 Å². The van der Waals surface area contributed by atoms with Gasteiger partial charge in [0.15, 0.2) is 0 Å². The molecule has 5 aliphatic rings. The summed E-state index contributed by atoms with van der Waals surface area (Å²) in [6.07, 6.45) is 16.6. The van der Waals surface area contributed by atoms with Crippen LogP contribution in [0.2, 0.25) is 0 Å². The van der Waals surface area contributed by atoms with Gasteiger partial charge in [0, 0.05) is 11.5 Å². The van der Waals surface area contributed by atoms with Crippen LogP contribution in [0.5, 0.6) is 0 Å². The minimum atomic E-state index is -0.196. The maximum Gasteiger partial charge on any atom is 0.331 e. The molecule has 41 heavy (non-hydrogen) atoms. The van der Waals surface area contributed by atoms with E-state index in [2.05, 4.69) is 55.0 Å². The molecule has 0 spiro atoms. The second-order valence-electron chi connectivity index (χ2n) is 16.9. The van der Waals surface area contributed by atoms with Gasteiger partial charge in [0.25, 0.3) is 0 Å². The summed E-state index contributed by atoms with van der Waals surface area (Å²) in [5.41, 5.74) is 4.05. The van der Waals surface area contributed by atoms with E-state index in [1.165, 1.54) is 63.4 Å².